The number of carbonyl (C=O) groups excluding carboxylic acids is 1. The number of benzene rings is 1. The van der Waals surface area contributed by atoms with E-state index >= 15 is 0 Å². The Morgan fingerprint density at radius 1 is 1.00 bits per heavy atom. The number of amides is 1. The predicted octanol–water partition coefficient (Wildman–Crippen LogP) is 4.72. The average molecular weight is 310 g/mol. The zero-order valence-electron chi connectivity index (χ0n) is 14.2. The van der Waals surface area contributed by atoms with Gasteiger partial charge in [0, 0.05) is 23.0 Å². The summed E-state index contributed by atoms with van der Waals surface area (Å²) in [6, 6.07) is 7.33. The smallest absolute Gasteiger partial charge is 0.270 e. The molecule has 2 aliphatic rings. The zero-order valence-corrected chi connectivity index (χ0v) is 14.2. The third-order valence-corrected chi connectivity index (χ3v) is 5.46. The van der Waals surface area contributed by atoms with E-state index in [9.17, 15) is 4.79 Å². The molecule has 1 heterocycles. The topological polar surface area (TPSA) is 36.1 Å². The first-order chi connectivity index (χ1) is 11.1. The second kappa shape index (κ2) is 5.70. The van der Waals surface area contributed by atoms with Crippen molar-refractivity contribution < 1.29 is 4.79 Å². The molecule has 23 heavy (non-hydrogen) atoms. The maximum absolute atomic E-state index is 13.2. The van der Waals surface area contributed by atoms with E-state index in [1.807, 2.05) is 0 Å². The van der Waals surface area contributed by atoms with E-state index in [1.165, 1.54) is 61.5 Å². The number of aromatic nitrogens is 1. The lowest BCUT2D eigenvalue weighted by Crippen LogP contribution is -2.43. The molecule has 3 heteroatoms. The van der Waals surface area contributed by atoms with E-state index in [0.29, 0.717) is 12.1 Å². The van der Waals surface area contributed by atoms with E-state index in [0.717, 1.165) is 11.2 Å². The Labute approximate surface area is 138 Å². The molecule has 0 spiro atoms. The van der Waals surface area contributed by atoms with Crippen molar-refractivity contribution in [3.8, 4) is 0 Å². The summed E-state index contributed by atoms with van der Waals surface area (Å²) in [4.78, 5) is 18.8. The monoisotopic (exact) mass is 310 g/mol. The van der Waals surface area contributed by atoms with Crippen LogP contribution >= 0.6 is 0 Å². The van der Waals surface area contributed by atoms with Crippen molar-refractivity contribution in [2.45, 2.75) is 70.9 Å². The van der Waals surface area contributed by atoms with Crippen LogP contribution in [-0.2, 0) is 0 Å². The number of carbonyl (C=O) groups is 1. The summed E-state index contributed by atoms with van der Waals surface area (Å²) < 4.78 is 0. The van der Waals surface area contributed by atoms with Crippen LogP contribution in [0, 0.1) is 13.8 Å². The number of nitrogens with one attached hydrogen (secondary N) is 1. The van der Waals surface area contributed by atoms with Crippen LogP contribution in [0.25, 0.3) is 10.9 Å². The van der Waals surface area contributed by atoms with Gasteiger partial charge in [-0.05, 0) is 62.8 Å². The number of nitrogens with zero attached hydrogens (tertiary/aromatic N) is 1. The number of hydrogen-bond acceptors (Lipinski definition) is 1. The van der Waals surface area contributed by atoms with Crippen LogP contribution in [0.15, 0.2) is 18.2 Å². The average Bonchev–Trinajstić information content (AvgIpc) is 3.26. The standard InChI is InChI=1S/C20H26N2O/c1-13-10-14(2)17-12-19(21-18(17)11-13)20(23)22(16-8-9-16)15-6-4-3-5-7-15/h10-12,15-16,21H,3-9H2,1-2H3. The summed E-state index contributed by atoms with van der Waals surface area (Å²) in [5.41, 5.74) is 4.34. The summed E-state index contributed by atoms with van der Waals surface area (Å²) in [5, 5.41) is 1.18. The fraction of sp³-hybridized carbons (Fsp3) is 0.550. The van der Waals surface area contributed by atoms with Crippen LogP contribution in [0.4, 0.5) is 0 Å². The van der Waals surface area contributed by atoms with Gasteiger partial charge in [-0.15, -0.1) is 0 Å². The molecule has 0 aliphatic heterocycles. The van der Waals surface area contributed by atoms with Gasteiger partial charge in [-0.1, -0.05) is 25.3 Å². The van der Waals surface area contributed by atoms with E-state index < -0.39 is 0 Å². The molecule has 2 fully saturated rings. The minimum atomic E-state index is 0.215. The molecular formula is C20H26N2O. The van der Waals surface area contributed by atoms with Crippen LogP contribution in [-0.4, -0.2) is 27.9 Å². The molecule has 0 atom stereocenters. The third-order valence-electron chi connectivity index (χ3n) is 5.46. The van der Waals surface area contributed by atoms with Crippen molar-refractivity contribution in [2.24, 2.45) is 0 Å². The Hall–Kier alpha value is -1.77. The third kappa shape index (κ3) is 2.77. The summed E-state index contributed by atoms with van der Waals surface area (Å²) in [7, 11) is 0. The molecule has 0 saturated heterocycles. The fourth-order valence-electron chi connectivity index (χ4n) is 4.20. The molecule has 2 aliphatic carbocycles. The maximum Gasteiger partial charge on any atom is 0.270 e. The van der Waals surface area contributed by atoms with E-state index in [1.54, 1.807) is 0 Å². The predicted molar refractivity (Wildman–Crippen MR) is 93.8 cm³/mol. The second-order valence-electron chi connectivity index (χ2n) is 7.46. The first-order valence-electron chi connectivity index (χ1n) is 9.06. The largest absolute Gasteiger partial charge is 0.351 e. The Kier molecular flexibility index (Phi) is 3.67. The number of H-pyrrole nitrogens is 1. The summed E-state index contributed by atoms with van der Waals surface area (Å²) >= 11 is 0. The van der Waals surface area contributed by atoms with Crippen molar-refractivity contribution in [2.75, 3.05) is 0 Å². The van der Waals surface area contributed by atoms with Crippen molar-refractivity contribution in [3.05, 3.63) is 35.0 Å². The molecule has 3 nitrogen and oxygen atoms in total. The normalized spacial score (nSPS) is 19.2. The highest BCUT2D eigenvalue weighted by molar-refractivity contribution is 5.99. The van der Waals surface area contributed by atoms with Crippen molar-refractivity contribution >= 4 is 16.8 Å². The Morgan fingerprint density at radius 3 is 2.39 bits per heavy atom. The molecule has 0 radical (unpaired) electrons. The van der Waals surface area contributed by atoms with Gasteiger partial charge in [0.15, 0.2) is 0 Å². The van der Waals surface area contributed by atoms with Gasteiger partial charge in [0.1, 0.15) is 5.69 Å². The van der Waals surface area contributed by atoms with Crippen LogP contribution in [0.1, 0.15) is 66.6 Å². The first-order valence-corrected chi connectivity index (χ1v) is 9.06. The van der Waals surface area contributed by atoms with Crippen LogP contribution in [0.2, 0.25) is 0 Å². The van der Waals surface area contributed by atoms with Gasteiger partial charge in [0.2, 0.25) is 0 Å². The SMILES string of the molecule is Cc1cc(C)c2cc(C(=O)N(C3CCCCC3)C3CC3)[nH]c2c1. The Bertz CT molecular complexity index is 735. The summed E-state index contributed by atoms with van der Waals surface area (Å²) in [6.45, 7) is 4.23. The molecule has 4 rings (SSSR count). The van der Waals surface area contributed by atoms with Gasteiger partial charge in [-0.25, -0.2) is 0 Å². The number of aromatic amines is 1. The summed E-state index contributed by atoms with van der Waals surface area (Å²) in [5.74, 6) is 0.215. The Morgan fingerprint density at radius 2 is 1.70 bits per heavy atom. The molecule has 0 unspecified atom stereocenters. The fourth-order valence-corrected chi connectivity index (χ4v) is 4.20. The highest BCUT2D eigenvalue weighted by Gasteiger charge is 2.38. The van der Waals surface area contributed by atoms with Crippen molar-refractivity contribution in [1.29, 1.82) is 0 Å². The molecule has 122 valence electrons. The van der Waals surface area contributed by atoms with Crippen LogP contribution in [0.5, 0.6) is 0 Å². The van der Waals surface area contributed by atoms with Crippen LogP contribution < -0.4 is 0 Å². The second-order valence-corrected chi connectivity index (χ2v) is 7.46. The molecule has 1 aromatic carbocycles. The molecule has 1 N–H and O–H groups in total. The van der Waals surface area contributed by atoms with Crippen LogP contribution in [0.3, 0.4) is 0 Å². The van der Waals surface area contributed by atoms with E-state index in [2.05, 4.69) is 41.9 Å². The van der Waals surface area contributed by atoms with Gasteiger partial charge in [0.25, 0.3) is 5.91 Å². The number of hydrogen-bond donors (Lipinski definition) is 1. The summed E-state index contributed by atoms with van der Waals surface area (Å²) in [6.07, 6.45) is 8.59. The lowest BCUT2D eigenvalue weighted by atomic mass is 9.93. The molecule has 1 amide bonds. The highest BCUT2D eigenvalue weighted by atomic mass is 16.2. The van der Waals surface area contributed by atoms with E-state index in [4.69, 9.17) is 0 Å². The highest BCUT2D eigenvalue weighted by Crippen LogP contribution is 2.35. The van der Waals surface area contributed by atoms with Gasteiger partial charge in [-0.2, -0.15) is 0 Å². The molecule has 1 aromatic heterocycles. The van der Waals surface area contributed by atoms with Gasteiger partial charge in [0.05, 0.1) is 0 Å². The lowest BCUT2D eigenvalue weighted by Gasteiger charge is -2.34. The van der Waals surface area contributed by atoms with E-state index in [-0.39, 0.29) is 5.91 Å². The number of aryl methyl sites for hydroxylation is 2. The van der Waals surface area contributed by atoms with Gasteiger partial charge in [-0.3, -0.25) is 4.79 Å². The minimum absolute atomic E-state index is 0.215. The number of rotatable bonds is 3. The molecule has 2 saturated carbocycles. The van der Waals surface area contributed by atoms with Gasteiger partial charge >= 0.3 is 0 Å². The van der Waals surface area contributed by atoms with Crippen molar-refractivity contribution in [3.63, 3.8) is 0 Å². The molecular weight excluding hydrogens is 284 g/mol. The maximum atomic E-state index is 13.2. The van der Waals surface area contributed by atoms with Gasteiger partial charge < -0.3 is 9.88 Å². The van der Waals surface area contributed by atoms with Crippen molar-refractivity contribution in [1.82, 2.24) is 9.88 Å². The number of fused-ring (bicyclic) bond motifs is 1. The molecule has 2 aromatic rings. The zero-order chi connectivity index (χ0) is 16.0. The molecule has 0 bridgehead atoms. The lowest BCUT2D eigenvalue weighted by molar-refractivity contribution is 0.0609. The quantitative estimate of drug-likeness (QED) is 0.874. The first kappa shape index (κ1) is 14.8. The Balaban J connectivity index is 1.67. The minimum Gasteiger partial charge on any atom is -0.351 e.